The Morgan fingerprint density at radius 1 is 1.29 bits per heavy atom. The van der Waals surface area contributed by atoms with Gasteiger partial charge in [0, 0.05) is 19.4 Å². The van der Waals surface area contributed by atoms with Gasteiger partial charge in [-0.05, 0) is 39.5 Å². The Morgan fingerprint density at radius 3 is 2.82 bits per heavy atom. The molecule has 2 heteroatoms. The van der Waals surface area contributed by atoms with Crippen LogP contribution in [-0.4, -0.2) is 19.5 Å². The number of ether oxygens (including phenoxy) is 2. The van der Waals surface area contributed by atoms with Crippen LogP contribution in [0.2, 0.25) is 0 Å². The Hall–Kier alpha value is -0.780. The average molecular weight is 236 g/mol. The molecule has 2 nitrogen and oxygen atoms in total. The number of hydrogen-bond donors (Lipinski definition) is 0. The van der Waals surface area contributed by atoms with E-state index in [-0.39, 0.29) is 6.29 Å². The highest BCUT2D eigenvalue weighted by Gasteiger charge is 2.12. The quantitative estimate of drug-likeness (QED) is 0.412. The van der Waals surface area contributed by atoms with E-state index in [1.54, 1.807) is 0 Å². The van der Waals surface area contributed by atoms with E-state index < -0.39 is 0 Å². The first-order chi connectivity index (χ1) is 8.29. The fourth-order valence-electron chi connectivity index (χ4n) is 1.69. The topological polar surface area (TPSA) is 18.5 Å². The number of rotatable bonds is 5. The molecule has 0 N–H and O–H groups in total. The van der Waals surface area contributed by atoms with Crippen molar-refractivity contribution in [3.8, 4) is 11.8 Å². The summed E-state index contributed by atoms with van der Waals surface area (Å²) in [4.78, 5) is 0. The molecule has 0 spiro atoms. The Kier molecular flexibility index (Phi) is 7.79. The molecule has 1 aliphatic heterocycles. The number of unbranched alkanes of at least 4 members (excludes halogenated alkanes) is 1. The first kappa shape index (κ1) is 14.3. The third kappa shape index (κ3) is 8.01. The van der Waals surface area contributed by atoms with Crippen LogP contribution in [-0.2, 0) is 9.47 Å². The van der Waals surface area contributed by atoms with E-state index in [4.69, 9.17) is 9.47 Å². The van der Waals surface area contributed by atoms with Crippen molar-refractivity contribution in [3.63, 3.8) is 0 Å². The summed E-state index contributed by atoms with van der Waals surface area (Å²) in [5.74, 6) is 6.30. The molecule has 0 aromatic rings. The molecule has 0 aromatic heterocycles. The molecule has 0 saturated carbocycles. The lowest BCUT2D eigenvalue weighted by atomic mass is 10.2. The predicted octanol–water partition coefficient (Wildman–Crippen LogP) is 3.67. The first-order valence-corrected chi connectivity index (χ1v) is 6.61. The van der Waals surface area contributed by atoms with Crippen molar-refractivity contribution in [1.29, 1.82) is 0 Å². The molecular formula is C15H24O2. The third-order valence-electron chi connectivity index (χ3n) is 2.62. The normalized spacial score (nSPS) is 19.3. The van der Waals surface area contributed by atoms with Gasteiger partial charge in [0.05, 0.1) is 6.61 Å². The maximum absolute atomic E-state index is 5.59. The summed E-state index contributed by atoms with van der Waals surface area (Å²) < 4.78 is 11.1. The van der Waals surface area contributed by atoms with Crippen molar-refractivity contribution in [2.24, 2.45) is 0 Å². The molecule has 1 rings (SSSR count). The minimum atomic E-state index is 0.0243. The summed E-state index contributed by atoms with van der Waals surface area (Å²) >= 11 is 0. The lowest BCUT2D eigenvalue weighted by Crippen LogP contribution is -2.22. The molecule has 0 aliphatic carbocycles. The maximum atomic E-state index is 5.59. The monoisotopic (exact) mass is 236 g/mol. The predicted molar refractivity (Wildman–Crippen MR) is 70.6 cm³/mol. The minimum absolute atomic E-state index is 0.0243. The molecule has 1 fully saturated rings. The van der Waals surface area contributed by atoms with E-state index in [1.165, 1.54) is 18.4 Å². The van der Waals surface area contributed by atoms with Crippen LogP contribution in [0.3, 0.4) is 0 Å². The second kappa shape index (κ2) is 9.27. The van der Waals surface area contributed by atoms with Gasteiger partial charge >= 0.3 is 0 Å². The van der Waals surface area contributed by atoms with Crippen LogP contribution in [0.25, 0.3) is 0 Å². The zero-order chi connectivity index (χ0) is 12.3. The van der Waals surface area contributed by atoms with Crippen LogP contribution < -0.4 is 0 Å². The molecule has 1 atom stereocenters. The van der Waals surface area contributed by atoms with E-state index in [2.05, 4.69) is 31.8 Å². The zero-order valence-electron chi connectivity index (χ0n) is 11.1. The molecule has 0 bridgehead atoms. The van der Waals surface area contributed by atoms with Crippen molar-refractivity contribution in [3.05, 3.63) is 11.6 Å². The summed E-state index contributed by atoms with van der Waals surface area (Å²) in [5, 5.41) is 0. The number of hydrogen-bond acceptors (Lipinski definition) is 2. The molecule has 0 unspecified atom stereocenters. The summed E-state index contributed by atoms with van der Waals surface area (Å²) in [5.41, 5.74) is 1.37. The molecule has 1 aliphatic rings. The van der Waals surface area contributed by atoms with Gasteiger partial charge in [0.1, 0.15) is 0 Å². The van der Waals surface area contributed by atoms with Crippen molar-refractivity contribution < 1.29 is 9.47 Å². The maximum Gasteiger partial charge on any atom is 0.157 e. The van der Waals surface area contributed by atoms with Gasteiger partial charge in [-0.1, -0.05) is 11.6 Å². The Balaban J connectivity index is 1.96. The van der Waals surface area contributed by atoms with Crippen molar-refractivity contribution in [2.75, 3.05) is 13.2 Å². The number of allylic oxidation sites excluding steroid dienone is 2. The molecule has 96 valence electrons. The van der Waals surface area contributed by atoms with Gasteiger partial charge in [-0.15, -0.1) is 11.8 Å². The van der Waals surface area contributed by atoms with Crippen LogP contribution in [0.15, 0.2) is 11.6 Å². The summed E-state index contributed by atoms with van der Waals surface area (Å²) in [6.45, 7) is 5.77. The SMILES string of the molecule is CC(C)=CCCC#CCCO[C@H]1CCCCO1. The molecule has 0 amide bonds. The van der Waals surface area contributed by atoms with Gasteiger partial charge in [0.15, 0.2) is 6.29 Å². The van der Waals surface area contributed by atoms with Crippen molar-refractivity contribution in [2.45, 2.75) is 58.7 Å². The highest BCUT2D eigenvalue weighted by atomic mass is 16.7. The summed E-state index contributed by atoms with van der Waals surface area (Å²) in [7, 11) is 0. The van der Waals surface area contributed by atoms with Gasteiger partial charge in [0.25, 0.3) is 0 Å². The van der Waals surface area contributed by atoms with Gasteiger partial charge in [-0.3, -0.25) is 0 Å². The Bertz CT molecular complexity index is 273. The largest absolute Gasteiger partial charge is 0.353 e. The highest BCUT2D eigenvalue weighted by molar-refractivity contribution is 5.02. The van der Waals surface area contributed by atoms with Crippen molar-refractivity contribution in [1.82, 2.24) is 0 Å². The molecule has 0 radical (unpaired) electrons. The Morgan fingerprint density at radius 2 is 2.12 bits per heavy atom. The average Bonchev–Trinajstić information content (AvgIpc) is 2.33. The van der Waals surface area contributed by atoms with Crippen LogP contribution >= 0.6 is 0 Å². The van der Waals surface area contributed by atoms with E-state index >= 15 is 0 Å². The molecule has 17 heavy (non-hydrogen) atoms. The molecule has 0 aromatic carbocycles. The minimum Gasteiger partial charge on any atom is -0.353 e. The highest BCUT2D eigenvalue weighted by Crippen LogP contribution is 2.13. The zero-order valence-corrected chi connectivity index (χ0v) is 11.1. The van der Waals surface area contributed by atoms with E-state index in [0.717, 1.165) is 32.3 Å². The standard InChI is InChI=1S/C15H24O2/c1-14(2)10-6-4-3-5-8-12-16-15-11-7-9-13-17-15/h10,15H,4,6-9,11-13H2,1-2H3/t15-/m1/s1. The Labute approximate surface area is 105 Å². The van der Waals surface area contributed by atoms with E-state index in [1.807, 2.05) is 0 Å². The van der Waals surface area contributed by atoms with Crippen LogP contribution in [0.5, 0.6) is 0 Å². The molecule has 1 heterocycles. The second-order valence-corrected chi connectivity index (χ2v) is 4.59. The summed E-state index contributed by atoms with van der Waals surface area (Å²) in [6, 6.07) is 0. The lowest BCUT2D eigenvalue weighted by Gasteiger charge is -2.22. The van der Waals surface area contributed by atoms with Gasteiger partial charge < -0.3 is 9.47 Å². The lowest BCUT2D eigenvalue weighted by molar-refractivity contribution is -0.161. The van der Waals surface area contributed by atoms with E-state index in [9.17, 15) is 0 Å². The third-order valence-corrected chi connectivity index (χ3v) is 2.62. The molecule has 1 saturated heterocycles. The second-order valence-electron chi connectivity index (χ2n) is 4.59. The van der Waals surface area contributed by atoms with E-state index in [0.29, 0.717) is 6.61 Å². The fourth-order valence-corrected chi connectivity index (χ4v) is 1.69. The molecular weight excluding hydrogens is 212 g/mol. The fraction of sp³-hybridized carbons (Fsp3) is 0.733. The van der Waals surface area contributed by atoms with Crippen LogP contribution in [0.4, 0.5) is 0 Å². The van der Waals surface area contributed by atoms with Gasteiger partial charge in [-0.2, -0.15) is 0 Å². The smallest absolute Gasteiger partial charge is 0.157 e. The van der Waals surface area contributed by atoms with Crippen LogP contribution in [0, 0.1) is 11.8 Å². The summed E-state index contributed by atoms with van der Waals surface area (Å²) in [6.07, 6.45) is 8.50. The van der Waals surface area contributed by atoms with Gasteiger partial charge in [0.2, 0.25) is 0 Å². The van der Waals surface area contributed by atoms with Crippen molar-refractivity contribution >= 4 is 0 Å². The first-order valence-electron chi connectivity index (χ1n) is 6.61. The van der Waals surface area contributed by atoms with Gasteiger partial charge in [-0.25, -0.2) is 0 Å². The van der Waals surface area contributed by atoms with Crippen LogP contribution in [0.1, 0.15) is 52.4 Å².